The summed E-state index contributed by atoms with van der Waals surface area (Å²) in [6.45, 7) is 3.33. The van der Waals surface area contributed by atoms with Gasteiger partial charge in [-0.15, -0.1) is 0 Å². The average Bonchev–Trinajstić information content (AvgIpc) is 3.17. The molecule has 0 aromatic heterocycles. The first kappa shape index (κ1) is 17.1. The molecule has 0 spiro atoms. The smallest absolute Gasteiger partial charge is 0.414 e. The van der Waals surface area contributed by atoms with Crippen molar-refractivity contribution in [3.05, 3.63) is 24.0 Å². The van der Waals surface area contributed by atoms with Crippen molar-refractivity contribution < 1.29 is 23.5 Å². The third-order valence-electron chi connectivity index (χ3n) is 5.20. The summed E-state index contributed by atoms with van der Waals surface area (Å²) in [4.78, 5) is 26.5. The Balaban J connectivity index is 1.47. The van der Waals surface area contributed by atoms with E-state index >= 15 is 0 Å². The molecule has 0 radical (unpaired) electrons. The number of ether oxygens (including phenoxy) is 2. The molecule has 3 fully saturated rings. The molecule has 3 aliphatic rings. The van der Waals surface area contributed by atoms with Crippen LogP contribution in [0.5, 0.6) is 0 Å². The fraction of sp³-hybridized carbons (Fsp3) is 0.556. The summed E-state index contributed by atoms with van der Waals surface area (Å²) in [6, 6.07) is 5.05. The van der Waals surface area contributed by atoms with Gasteiger partial charge in [0, 0.05) is 13.5 Å². The van der Waals surface area contributed by atoms with Crippen molar-refractivity contribution in [3.63, 3.8) is 0 Å². The predicted molar refractivity (Wildman–Crippen MR) is 92.8 cm³/mol. The number of fused-ring (bicyclic) bond motifs is 2. The van der Waals surface area contributed by atoms with Crippen molar-refractivity contribution in [1.29, 1.82) is 0 Å². The highest BCUT2D eigenvalue weighted by Crippen LogP contribution is 2.34. The maximum Gasteiger partial charge on any atom is 0.414 e. The predicted octanol–water partition coefficient (Wildman–Crippen LogP) is 1.65. The molecule has 3 saturated heterocycles. The van der Waals surface area contributed by atoms with E-state index in [1.165, 1.54) is 17.9 Å². The van der Waals surface area contributed by atoms with Gasteiger partial charge in [0.2, 0.25) is 5.91 Å². The van der Waals surface area contributed by atoms with E-state index in [9.17, 15) is 14.0 Å². The Morgan fingerprint density at radius 3 is 3.04 bits per heavy atom. The lowest BCUT2D eigenvalue weighted by Gasteiger charge is -2.34. The minimum atomic E-state index is -0.530. The third kappa shape index (κ3) is 3.21. The van der Waals surface area contributed by atoms with Crippen molar-refractivity contribution in [2.24, 2.45) is 0 Å². The third-order valence-corrected chi connectivity index (χ3v) is 5.20. The molecule has 1 aromatic rings. The first-order valence-electron chi connectivity index (χ1n) is 8.91. The molecule has 26 heavy (non-hydrogen) atoms. The molecule has 8 heteroatoms. The van der Waals surface area contributed by atoms with Gasteiger partial charge in [-0.3, -0.25) is 9.69 Å². The SMILES string of the molecule is CC(=O)NC[C@H]1CN(c2ccc(N3CCC4CC3CO4)c(F)c2)C(=O)O1. The molecule has 0 saturated carbocycles. The van der Waals surface area contributed by atoms with Gasteiger partial charge in [0.05, 0.1) is 43.2 Å². The van der Waals surface area contributed by atoms with Gasteiger partial charge in [-0.25, -0.2) is 9.18 Å². The number of carbonyl (C=O) groups is 2. The van der Waals surface area contributed by atoms with E-state index in [4.69, 9.17) is 9.47 Å². The second kappa shape index (κ2) is 6.75. The van der Waals surface area contributed by atoms with Gasteiger partial charge in [0.1, 0.15) is 11.9 Å². The summed E-state index contributed by atoms with van der Waals surface area (Å²) < 4.78 is 25.7. The van der Waals surface area contributed by atoms with E-state index in [1.54, 1.807) is 12.1 Å². The highest BCUT2D eigenvalue weighted by Gasteiger charge is 2.37. The Morgan fingerprint density at radius 1 is 1.42 bits per heavy atom. The Morgan fingerprint density at radius 2 is 2.27 bits per heavy atom. The number of amides is 2. The molecule has 140 valence electrons. The lowest BCUT2D eigenvalue weighted by molar-refractivity contribution is -0.119. The molecular weight excluding hydrogens is 341 g/mol. The zero-order chi connectivity index (χ0) is 18.3. The summed E-state index contributed by atoms with van der Waals surface area (Å²) in [7, 11) is 0. The number of benzene rings is 1. The van der Waals surface area contributed by atoms with Crippen LogP contribution in [0.1, 0.15) is 19.8 Å². The zero-order valence-corrected chi connectivity index (χ0v) is 14.6. The number of hydrogen-bond donors (Lipinski definition) is 1. The minimum Gasteiger partial charge on any atom is -0.442 e. The van der Waals surface area contributed by atoms with Crippen LogP contribution in [-0.2, 0) is 14.3 Å². The van der Waals surface area contributed by atoms with Gasteiger partial charge in [0.15, 0.2) is 0 Å². The fourth-order valence-corrected chi connectivity index (χ4v) is 3.88. The summed E-state index contributed by atoms with van der Waals surface area (Å²) >= 11 is 0. The fourth-order valence-electron chi connectivity index (χ4n) is 3.88. The van der Waals surface area contributed by atoms with Gasteiger partial charge in [-0.05, 0) is 31.0 Å². The van der Waals surface area contributed by atoms with E-state index < -0.39 is 12.2 Å². The van der Waals surface area contributed by atoms with E-state index in [0.717, 1.165) is 19.4 Å². The van der Waals surface area contributed by atoms with Crippen molar-refractivity contribution in [2.45, 2.75) is 38.0 Å². The number of piperidine rings is 1. The number of nitrogens with one attached hydrogen (secondary N) is 1. The molecule has 3 atom stereocenters. The van der Waals surface area contributed by atoms with Crippen molar-refractivity contribution >= 4 is 23.4 Å². The summed E-state index contributed by atoms with van der Waals surface area (Å²) in [5.41, 5.74) is 1.00. The summed E-state index contributed by atoms with van der Waals surface area (Å²) in [6.07, 6.45) is 1.17. The molecule has 7 nitrogen and oxygen atoms in total. The van der Waals surface area contributed by atoms with E-state index in [0.29, 0.717) is 24.1 Å². The first-order valence-corrected chi connectivity index (χ1v) is 8.91. The molecule has 3 aliphatic heterocycles. The van der Waals surface area contributed by atoms with Crippen LogP contribution in [0.15, 0.2) is 18.2 Å². The Labute approximate surface area is 151 Å². The summed E-state index contributed by atoms with van der Waals surface area (Å²) in [5, 5.41) is 2.62. The quantitative estimate of drug-likeness (QED) is 0.881. The highest BCUT2D eigenvalue weighted by atomic mass is 19.1. The number of rotatable bonds is 4. The van der Waals surface area contributed by atoms with E-state index in [-0.39, 0.29) is 30.9 Å². The van der Waals surface area contributed by atoms with Gasteiger partial charge in [-0.2, -0.15) is 0 Å². The lowest BCUT2D eigenvalue weighted by Crippen LogP contribution is -2.41. The highest BCUT2D eigenvalue weighted by molar-refractivity contribution is 5.90. The Kier molecular flexibility index (Phi) is 4.44. The zero-order valence-electron chi connectivity index (χ0n) is 14.6. The molecule has 3 heterocycles. The van der Waals surface area contributed by atoms with E-state index in [2.05, 4.69) is 10.2 Å². The van der Waals surface area contributed by atoms with Crippen LogP contribution in [-0.4, -0.2) is 56.5 Å². The largest absolute Gasteiger partial charge is 0.442 e. The first-order chi connectivity index (χ1) is 12.5. The monoisotopic (exact) mass is 363 g/mol. The maximum absolute atomic E-state index is 14.8. The van der Waals surface area contributed by atoms with Crippen LogP contribution in [0.4, 0.5) is 20.6 Å². The second-order valence-electron chi connectivity index (χ2n) is 7.02. The molecule has 2 unspecified atom stereocenters. The Hall–Kier alpha value is -2.35. The van der Waals surface area contributed by atoms with Crippen LogP contribution < -0.4 is 15.1 Å². The van der Waals surface area contributed by atoms with Crippen molar-refractivity contribution in [3.8, 4) is 0 Å². The lowest BCUT2D eigenvalue weighted by atomic mass is 10.0. The van der Waals surface area contributed by atoms with Crippen LogP contribution in [0.25, 0.3) is 0 Å². The van der Waals surface area contributed by atoms with Gasteiger partial charge < -0.3 is 19.7 Å². The molecule has 4 rings (SSSR count). The minimum absolute atomic E-state index is 0.186. The number of hydrogen-bond acceptors (Lipinski definition) is 5. The van der Waals surface area contributed by atoms with Crippen LogP contribution in [0.2, 0.25) is 0 Å². The average molecular weight is 363 g/mol. The molecule has 2 amide bonds. The van der Waals surface area contributed by atoms with Crippen LogP contribution >= 0.6 is 0 Å². The number of cyclic esters (lactones) is 1. The molecule has 1 aromatic carbocycles. The topological polar surface area (TPSA) is 71.1 Å². The summed E-state index contributed by atoms with van der Waals surface area (Å²) in [5.74, 6) is -0.541. The standard InChI is InChI=1S/C18H22FN3O4/c1-11(23)20-8-15-9-22(18(24)26-15)12-2-3-17(16(19)7-12)21-5-4-14-6-13(21)10-25-14/h2-3,7,13-15H,4-6,8-10H2,1H3,(H,20,23)/t13?,14?,15-/m0/s1. The molecular formula is C18H22FN3O4. The van der Waals surface area contributed by atoms with Crippen LogP contribution in [0.3, 0.4) is 0 Å². The molecule has 2 bridgehead atoms. The van der Waals surface area contributed by atoms with Crippen LogP contribution in [0, 0.1) is 5.82 Å². The number of nitrogens with zero attached hydrogens (tertiary/aromatic N) is 2. The van der Waals surface area contributed by atoms with Gasteiger partial charge in [0.25, 0.3) is 0 Å². The van der Waals surface area contributed by atoms with Gasteiger partial charge in [-0.1, -0.05) is 0 Å². The number of halogens is 1. The number of anilines is 2. The normalized spacial score (nSPS) is 27.6. The number of carbonyl (C=O) groups excluding carboxylic acids is 2. The second-order valence-corrected chi connectivity index (χ2v) is 7.02. The van der Waals surface area contributed by atoms with E-state index in [1.807, 2.05) is 0 Å². The Bertz CT molecular complexity index is 728. The molecule has 0 aliphatic carbocycles. The van der Waals surface area contributed by atoms with Crippen molar-refractivity contribution in [1.82, 2.24) is 5.32 Å². The van der Waals surface area contributed by atoms with Gasteiger partial charge >= 0.3 is 6.09 Å². The molecule has 1 N–H and O–H groups in total. The van der Waals surface area contributed by atoms with Crippen molar-refractivity contribution in [2.75, 3.05) is 36.0 Å². The maximum atomic E-state index is 14.8.